The van der Waals surface area contributed by atoms with Crippen LogP contribution in [-0.2, 0) is 0 Å². The zero-order valence-corrected chi connectivity index (χ0v) is 22.7. The van der Waals surface area contributed by atoms with Crippen molar-refractivity contribution in [3.8, 4) is 0 Å². The Morgan fingerprint density at radius 3 is 2.16 bits per heavy atom. The number of rotatable bonds is 10. The third-order valence-electron chi connectivity index (χ3n) is 7.09. The van der Waals surface area contributed by atoms with Crippen LogP contribution >= 0.6 is 11.6 Å². The van der Waals surface area contributed by atoms with Crippen LogP contribution in [-0.4, -0.2) is 43.0 Å². The molecule has 0 atom stereocenters. The molecule has 1 heterocycles. The molecule has 38 heavy (non-hydrogen) atoms. The quantitative estimate of drug-likeness (QED) is 0.261. The van der Waals surface area contributed by atoms with E-state index in [2.05, 4.69) is 88.4 Å². The van der Waals surface area contributed by atoms with Crippen LogP contribution in [0.4, 0.5) is 10.5 Å². The number of carbonyl (C=O) groups excluding carboxylic acids is 2. The van der Waals surface area contributed by atoms with Crippen LogP contribution in [0.5, 0.6) is 0 Å². The Morgan fingerprint density at radius 2 is 1.55 bits per heavy atom. The number of likely N-dealkylation sites (tertiary alicyclic amines) is 1. The molecule has 6 nitrogen and oxygen atoms in total. The number of hydrogen-bond acceptors (Lipinski definition) is 3. The van der Waals surface area contributed by atoms with Crippen molar-refractivity contribution >= 4 is 29.2 Å². The minimum atomic E-state index is -0.339. The van der Waals surface area contributed by atoms with Crippen LogP contribution in [0.3, 0.4) is 0 Å². The van der Waals surface area contributed by atoms with Crippen molar-refractivity contribution in [1.82, 2.24) is 15.5 Å². The van der Waals surface area contributed by atoms with Gasteiger partial charge in [0.1, 0.15) is 0 Å². The minimum Gasteiger partial charge on any atom is -0.352 e. The highest BCUT2D eigenvalue weighted by Gasteiger charge is 2.27. The largest absolute Gasteiger partial charge is 0.352 e. The number of urea groups is 1. The van der Waals surface area contributed by atoms with Gasteiger partial charge in [-0.1, -0.05) is 85.6 Å². The summed E-state index contributed by atoms with van der Waals surface area (Å²) in [6, 6.07) is 26.1. The SMILES string of the molecule is CCCCNC(=O)Nc1cc(Cl)ccc1C(=O)NCC1CCN(C(c2ccccc2)c2ccccc2)CC1. The third kappa shape index (κ3) is 7.59. The third-order valence-corrected chi connectivity index (χ3v) is 7.32. The van der Waals surface area contributed by atoms with E-state index in [1.807, 2.05) is 0 Å². The van der Waals surface area contributed by atoms with E-state index in [-0.39, 0.29) is 18.0 Å². The number of nitrogens with zero attached hydrogens (tertiary/aromatic N) is 1. The predicted octanol–water partition coefficient (Wildman–Crippen LogP) is 6.49. The number of hydrogen-bond donors (Lipinski definition) is 3. The summed E-state index contributed by atoms with van der Waals surface area (Å²) in [5, 5.41) is 9.14. The molecule has 1 aliphatic heterocycles. The van der Waals surface area contributed by atoms with Crippen LogP contribution in [0.25, 0.3) is 0 Å². The Hall–Kier alpha value is -3.35. The Balaban J connectivity index is 1.34. The fourth-order valence-electron chi connectivity index (χ4n) is 5.00. The van der Waals surface area contributed by atoms with Gasteiger partial charge in [-0.2, -0.15) is 0 Å². The highest BCUT2D eigenvalue weighted by atomic mass is 35.5. The summed E-state index contributed by atoms with van der Waals surface area (Å²) in [5.74, 6) is 0.183. The number of amides is 3. The summed E-state index contributed by atoms with van der Waals surface area (Å²) in [4.78, 5) is 27.9. The van der Waals surface area contributed by atoms with Crippen molar-refractivity contribution in [3.63, 3.8) is 0 Å². The number of benzene rings is 3. The predicted molar refractivity (Wildman–Crippen MR) is 155 cm³/mol. The molecular formula is C31H37ClN4O2. The summed E-state index contributed by atoms with van der Waals surface area (Å²) in [6.07, 6.45) is 3.89. The van der Waals surface area contributed by atoms with Gasteiger partial charge in [0.15, 0.2) is 0 Å². The molecule has 0 unspecified atom stereocenters. The van der Waals surface area contributed by atoms with Crippen molar-refractivity contribution in [1.29, 1.82) is 0 Å². The van der Waals surface area contributed by atoms with Crippen LogP contribution in [0.2, 0.25) is 5.02 Å². The fraction of sp³-hybridized carbons (Fsp3) is 0.355. The zero-order valence-electron chi connectivity index (χ0n) is 22.0. The smallest absolute Gasteiger partial charge is 0.319 e. The van der Waals surface area contributed by atoms with Crippen molar-refractivity contribution in [2.45, 2.75) is 38.6 Å². The maximum absolute atomic E-state index is 13.1. The van der Waals surface area contributed by atoms with Crippen LogP contribution in [0.1, 0.15) is 60.1 Å². The second kappa shape index (κ2) is 14.0. The van der Waals surface area contributed by atoms with Crippen molar-refractivity contribution in [2.24, 2.45) is 5.92 Å². The molecule has 0 aliphatic carbocycles. The first-order valence-electron chi connectivity index (χ1n) is 13.5. The van der Waals surface area contributed by atoms with E-state index in [4.69, 9.17) is 11.6 Å². The minimum absolute atomic E-state index is 0.209. The molecule has 3 aromatic carbocycles. The molecule has 3 amide bonds. The first-order chi connectivity index (χ1) is 18.5. The Morgan fingerprint density at radius 1 is 0.921 bits per heavy atom. The highest BCUT2D eigenvalue weighted by molar-refractivity contribution is 6.31. The summed E-state index contributed by atoms with van der Waals surface area (Å²) in [5.41, 5.74) is 3.41. The number of halogens is 1. The molecule has 0 saturated carbocycles. The van der Waals surface area contributed by atoms with Gasteiger partial charge in [0.05, 0.1) is 17.3 Å². The van der Waals surface area contributed by atoms with E-state index >= 15 is 0 Å². The molecule has 0 aromatic heterocycles. The average molecular weight is 533 g/mol. The molecule has 1 saturated heterocycles. The van der Waals surface area contributed by atoms with E-state index in [1.54, 1.807) is 18.2 Å². The second-order valence-electron chi connectivity index (χ2n) is 9.84. The normalized spacial score (nSPS) is 14.3. The first kappa shape index (κ1) is 27.7. The second-order valence-corrected chi connectivity index (χ2v) is 10.3. The van der Waals surface area contributed by atoms with Gasteiger partial charge in [-0.05, 0) is 67.6 Å². The Labute approximate surface area is 230 Å². The molecule has 4 rings (SSSR count). The number of piperidine rings is 1. The van der Waals surface area contributed by atoms with Crippen molar-refractivity contribution in [2.75, 3.05) is 31.5 Å². The van der Waals surface area contributed by atoms with Crippen molar-refractivity contribution in [3.05, 3.63) is 101 Å². The fourth-order valence-corrected chi connectivity index (χ4v) is 5.17. The molecule has 3 aromatic rings. The molecule has 0 spiro atoms. The molecule has 7 heteroatoms. The Bertz CT molecular complexity index is 1140. The molecular weight excluding hydrogens is 496 g/mol. The number of unbranched alkanes of at least 4 members (excludes halogenated alkanes) is 1. The van der Waals surface area contributed by atoms with Gasteiger partial charge in [0.25, 0.3) is 5.91 Å². The highest BCUT2D eigenvalue weighted by Crippen LogP contribution is 2.32. The van der Waals surface area contributed by atoms with Crippen LogP contribution < -0.4 is 16.0 Å². The van der Waals surface area contributed by atoms with Gasteiger partial charge in [-0.15, -0.1) is 0 Å². The standard InChI is InChI=1S/C31H37ClN4O2/c1-2-3-18-33-31(38)35-28-21-26(32)14-15-27(28)30(37)34-22-23-16-19-36(20-17-23)29(24-10-6-4-7-11-24)25-12-8-5-9-13-25/h4-15,21,23,29H,2-3,16-20,22H2,1H3,(H,34,37)(H2,33,35,38). The maximum Gasteiger partial charge on any atom is 0.319 e. The van der Waals surface area contributed by atoms with E-state index in [1.165, 1.54) is 11.1 Å². The van der Waals surface area contributed by atoms with Gasteiger partial charge in [0.2, 0.25) is 0 Å². The number of anilines is 1. The van der Waals surface area contributed by atoms with Gasteiger partial charge < -0.3 is 16.0 Å². The Kier molecular flexibility index (Phi) is 10.2. The summed E-state index contributed by atoms with van der Waals surface area (Å²) in [6.45, 7) is 5.16. The number of carbonyl (C=O) groups is 2. The molecule has 1 aliphatic rings. The van der Waals surface area contributed by atoms with Crippen LogP contribution in [0, 0.1) is 5.92 Å². The van der Waals surface area contributed by atoms with E-state index in [0.29, 0.717) is 35.3 Å². The lowest BCUT2D eigenvalue weighted by molar-refractivity contribution is 0.0931. The molecule has 200 valence electrons. The molecule has 0 radical (unpaired) electrons. The first-order valence-corrected chi connectivity index (χ1v) is 13.9. The molecule has 1 fully saturated rings. The van der Waals surface area contributed by atoms with Gasteiger partial charge in [-0.25, -0.2) is 4.79 Å². The lowest BCUT2D eigenvalue weighted by Gasteiger charge is -2.38. The van der Waals surface area contributed by atoms with E-state index in [0.717, 1.165) is 38.8 Å². The van der Waals surface area contributed by atoms with E-state index < -0.39 is 0 Å². The monoisotopic (exact) mass is 532 g/mol. The van der Waals surface area contributed by atoms with Crippen molar-refractivity contribution < 1.29 is 9.59 Å². The molecule has 0 bridgehead atoms. The molecule has 3 N–H and O–H groups in total. The topological polar surface area (TPSA) is 73.5 Å². The number of nitrogens with one attached hydrogen (secondary N) is 3. The van der Waals surface area contributed by atoms with Gasteiger partial charge in [0, 0.05) is 18.1 Å². The van der Waals surface area contributed by atoms with Crippen LogP contribution in [0.15, 0.2) is 78.9 Å². The summed E-state index contributed by atoms with van der Waals surface area (Å²) >= 11 is 6.15. The van der Waals surface area contributed by atoms with E-state index in [9.17, 15) is 9.59 Å². The van der Waals surface area contributed by atoms with Gasteiger partial charge >= 0.3 is 6.03 Å². The maximum atomic E-state index is 13.1. The zero-order chi connectivity index (χ0) is 26.7. The average Bonchev–Trinajstić information content (AvgIpc) is 2.94. The summed E-state index contributed by atoms with van der Waals surface area (Å²) < 4.78 is 0. The lowest BCUT2D eigenvalue weighted by Crippen LogP contribution is -2.40. The lowest BCUT2D eigenvalue weighted by atomic mass is 9.91. The summed E-state index contributed by atoms with van der Waals surface area (Å²) in [7, 11) is 0. The van der Waals surface area contributed by atoms with Gasteiger partial charge in [-0.3, -0.25) is 9.69 Å².